The fourth-order valence-corrected chi connectivity index (χ4v) is 3.19. The minimum Gasteiger partial charge on any atom is -0.447 e. The van der Waals surface area contributed by atoms with Gasteiger partial charge in [-0.1, -0.05) is 37.0 Å². The molecule has 10 heteroatoms. The molecule has 1 aromatic heterocycles. The number of hydrogen-bond donors (Lipinski definition) is 2. The predicted molar refractivity (Wildman–Crippen MR) is 112 cm³/mol. The molecular weight excluding hydrogens is 525 g/mol. The average molecular weight is 540 g/mol. The summed E-state index contributed by atoms with van der Waals surface area (Å²) in [5, 5.41) is 7.14. The number of carbonyl (C=O) groups is 2. The highest BCUT2D eigenvalue weighted by molar-refractivity contribution is 9.13. The van der Waals surface area contributed by atoms with Crippen molar-refractivity contribution < 1.29 is 14.0 Å². The summed E-state index contributed by atoms with van der Waals surface area (Å²) in [7, 11) is 0. The number of halogens is 4. The molecule has 0 bridgehead atoms. The van der Waals surface area contributed by atoms with Crippen LogP contribution in [0.4, 0.5) is 0 Å². The molecule has 1 aromatic carbocycles. The molecule has 1 unspecified atom stereocenters. The molecule has 144 valence electrons. The van der Waals surface area contributed by atoms with Crippen LogP contribution in [0.1, 0.15) is 30.0 Å². The Hall–Kier alpha value is -1.35. The van der Waals surface area contributed by atoms with Gasteiger partial charge in [0.15, 0.2) is 4.67 Å². The number of hydrazone groups is 1. The zero-order valence-corrected chi connectivity index (χ0v) is 18.9. The second kappa shape index (κ2) is 9.73. The third-order valence-corrected chi connectivity index (χ3v) is 5.70. The van der Waals surface area contributed by atoms with Crippen molar-refractivity contribution in [2.24, 2.45) is 11.0 Å². The van der Waals surface area contributed by atoms with Crippen LogP contribution in [0, 0.1) is 5.92 Å². The lowest BCUT2D eigenvalue weighted by Gasteiger charge is -2.20. The molecule has 0 saturated heterocycles. The quantitative estimate of drug-likeness (QED) is 0.399. The van der Waals surface area contributed by atoms with E-state index in [1.54, 1.807) is 26.0 Å². The molecule has 6 nitrogen and oxygen atoms in total. The highest BCUT2D eigenvalue weighted by Gasteiger charge is 2.25. The van der Waals surface area contributed by atoms with E-state index in [9.17, 15) is 9.59 Å². The first kappa shape index (κ1) is 21.9. The van der Waals surface area contributed by atoms with Crippen LogP contribution >= 0.6 is 55.1 Å². The number of nitrogens with zero attached hydrogens (tertiary/aromatic N) is 1. The van der Waals surface area contributed by atoms with E-state index in [4.69, 9.17) is 27.6 Å². The Bertz CT molecular complexity index is 865. The van der Waals surface area contributed by atoms with Crippen LogP contribution in [0.2, 0.25) is 10.0 Å². The molecule has 2 rings (SSSR count). The summed E-state index contributed by atoms with van der Waals surface area (Å²) in [6, 6.07) is 5.39. The van der Waals surface area contributed by atoms with Gasteiger partial charge in [-0.15, -0.1) is 0 Å². The third-order valence-electron chi connectivity index (χ3n) is 3.44. The van der Waals surface area contributed by atoms with Crippen molar-refractivity contribution in [1.82, 2.24) is 10.7 Å². The molecule has 0 aliphatic rings. The van der Waals surface area contributed by atoms with Gasteiger partial charge in [-0.3, -0.25) is 9.59 Å². The van der Waals surface area contributed by atoms with Crippen LogP contribution in [0.25, 0.3) is 0 Å². The highest BCUT2D eigenvalue weighted by atomic mass is 79.9. The largest absolute Gasteiger partial charge is 0.447 e. The van der Waals surface area contributed by atoms with Crippen molar-refractivity contribution in [1.29, 1.82) is 0 Å². The van der Waals surface area contributed by atoms with Crippen molar-refractivity contribution in [2.45, 2.75) is 19.9 Å². The molecule has 0 aliphatic heterocycles. The van der Waals surface area contributed by atoms with E-state index < -0.39 is 17.9 Å². The fourth-order valence-electron chi connectivity index (χ4n) is 2.08. The lowest BCUT2D eigenvalue weighted by atomic mass is 10.0. The number of nitrogens with one attached hydrogen (secondary N) is 2. The number of furan rings is 1. The average Bonchev–Trinajstić information content (AvgIpc) is 2.89. The Morgan fingerprint density at radius 2 is 1.93 bits per heavy atom. The Kier molecular flexibility index (Phi) is 7.91. The molecule has 0 saturated carbocycles. The SMILES string of the molecule is CC(C)C(NC(=O)c1ccc(Cl)cc1Cl)C(=O)NN=Cc1cc(Br)c(Br)o1. The van der Waals surface area contributed by atoms with Crippen LogP contribution in [-0.4, -0.2) is 24.1 Å². The Morgan fingerprint density at radius 1 is 1.22 bits per heavy atom. The Morgan fingerprint density at radius 3 is 2.48 bits per heavy atom. The van der Waals surface area contributed by atoms with Crippen molar-refractivity contribution in [3.8, 4) is 0 Å². The number of rotatable bonds is 6. The zero-order chi connectivity index (χ0) is 20.1. The summed E-state index contributed by atoms with van der Waals surface area (Å²) in [5.74, 6) is -0.688. The molecule has 2 N–H and O–H groups in total. The molecule has 1 atom stereocenters. The van der Waals surface area contributed by atoms with Gasteiger partial charge in [-0.05, 0) is 56.0 Å². The van der Waals surface area contributed by atoms with Crippen molar-refractivity contribution in [2.75, 3.05) is 0 Å². The van der Waals surface area contributed by atoms with E-state index in [1.807, 2.05) is 0 Å². The summed E-state index contributed by atoms with van der Waals surface area (Å²) in [4.78, 5) is 24.9. The van der Waals surface area contributed by atoms with Gasteiger partial charge in [0.05, 0.1) is 21.3 Å². The Balaban J connectivity index is 2.05. The molecule has 27 heavy (non-hydrogen) atoms. The standard InChI is InChI=1S/C17H15Br2Cl2N3O3/c1-8(2)14(23-16(25)11-4-3-9(20)5-13(11)21)17(26)24-22-7-10-6-12(18)15(19)27-10/h3-8,14H,1-2H3,(H,23,25)(H,24,26). The fraction of sp³-hybridized carbons (Fsp3) is 0.235. The van der Waals surface area contributed by atoms with Gasteiger partial charge in [0.25, 0.3) is 11.8 Å². The molecule has 2 aromatic rings. The topological polar surface area (TPSA) is 83.7 Å². The van der Waals surface area contributed by atoms with Gasteiger partial charge >= 0.3 is 0 Å². The number of benzene rings is 1. The van der Waals surface area contributed by atoms with Gasteiger partial charge in [-0.25, -0.2) is 5.43 Å². The van der Waals surface area contributed by atoms with E-state index in [2.05, 4.69) is 47.7 Å². The molecule has 1 heterocycles. The van der Waals surface area contributed by atoms with Crippen LogP contribution in [0.5, 0.6) is 0 Å². The number of hydrogen-bond acceptors (Lipinski definition) is 4. The van der Waals surface area contributed by atoms with E-state index in [0.717, 1.165) is 4.47 Å². The molecule has 0 aliphatic carbocycles. The summed E-state index contributed by atoms with van der Waals surface area (Å²) in [6.07, 6.45) is 1.35. The second-order valence-electron chi connectivity index (χ2n) is 5.82. The van der Waals surface area contributed by atoms with Gasteiger partial charge in [-0.2, -0.15) is 5.10 Å². The van der Waals surface area contributed by atoms with Crippen molar-refractivity contribution in [3.63, 3.8) is 0 Å². The number of carbonyl (C=O) groups excluding carboxylic acids is 2. The van der Waals surface area contributed by atoms with Gasteiger partial charge < -0.3 is 9.73 Å². The molecule has 0 radical (unpaired) electrons. The van der Waals surface area contributed by atoms with E-state index in [0.29, 0.717) is 15.5 Å². The van der Waals surface area contributed by atoms with Crippen LogP contribution in [0.3, 0.4) is 0 Å². The normalized spacial score (nSPS) is 12.4. The van der Waals surface area contributed by atoms with E-state index in [-0.39, 0.29) is 16.5 Å². The van der Waals surface area contributed by atoms with Crippen molar-refractivity contribution in [3.05, 3.63) is 54.8 Å². The third kappa shape index (κ3) is 6.07. The first-order valence-electron chi connectivity index (χ1n) is 7.72. The zero-order valence-electron chi connectivity index (χ0n) is 14.2. The molecule has 2 amide bonds. The molecular formula is C17H15Br2Cl2N3O3. The maximum atomic E-state index is 12.4. The minimum absolute atomic E-state index is 0.179. The monoisotopic (exact) mass is 537 g/mol. The summed E-state index contributed by atoms with van der Waals surface area (Å²) < 4.78 is 6.56. The van der Waals surface area contributed by atoms with Crippen LogP contribution in [-0.2, 0) is 4.79 Å². The van der Waals surface area contributed by atoms with Crippen LogP contribution < -0.4 is 10.7 Å². The maximum Gasteiger partial charge on any atom is 0.262 e. The smallest absolute Gasteiger partial charge is 0.262 e. The van der Waals surface area contributed by atoms with E-state index in [1.165, 1.54) is 18.3 Å². The molecule has 0 fully saturated rings. The van der Waals surface area contributed by atoms with E-state index >= 15 is 0 Å². The minimum atomic E-state index is -0.809. The van der Waals surface area contributed by atoms with Gasteiger partial charge in [0, 0.05) is 11.1 Å². The predicted octanol–water partition coefficient (Wildman–Crippen LogP) is 5.02. The van der Waals surface area contributed by atoms with Crippen molar-refractivity contribution >= 4 is 73.1 Å². The lowest BCUT2D eigenvalue weighted by molar-refractivity contribution is -0.123. The van der Waals surface area contributed by atoms with Crippen LogP contribution in [0.15, 0.2) is 42.9 Å². The summed E-state index contributed by atoms with van der Waals surface area (Å²) in [6.45, 7) is 3.61. The maximum absolute atomic E-state index is 12.4. The first-order valence-corrected chi connectivity index (χ1v) is 10.1. The first-order chi connectivity index (χ1) is 12.7. The lowest BCUT2D eigenvalue weighted by Crippen LogP contribution is -2.48. The second-order valence-corrected chi connectivity index (χ2v) is 8.24. The summed E-state index contributed by atoms with van der Waals surface area (Å²) >= 11 is 18.4. The highest BCUT2D eigenvalue weighted by Crippen LogP contribution is 2.25. The Labute approximate surface area is 182 Å². The van der Waals surface area contributed by atoms with Gasteiger partial charge in [0.1, 0.15) is 11.8 Å². The van der Waals surface area contributed by atoms with Gasteiger partial charge in [0.2, 0.25) is 0 Å². The molecule has 0 spiro atoms. The number of amides is 2. The summed E-state index contributed by atoms with van der Waals surface area (Å²) in [5.41, 5.74) is 2.62.